The highest BCUT2D eigenvalue weighted by molar-refractivity contribution is 5.01. The van der Waals surface area contributed by atoms with Gasteiger partial charge in [-0.15, -0.1) is 0 Å². The van der Waals surface area contributed by atoms with Crippen molar-refractivity contribution >= 4 is 0 Å². The Morgan fingerprint density at radius 3 is 2.65 bits per heavy atom. The highest BCUT2D eigenvalue weighted by atomic mass is 15.2. The molecule has 114 valence electrons. The fourth-order valence-corrected chi connectivity index (χ4v) is 6.05. The summed E-state index contributed by atoms with van der Waals surface area (Å²) < 4.78 is 0. The molecular weight excluding hydrogens is 244 g/mol. The van der Waals surface area contributed by atoms with Crippen LogP contribution >= 0.6 is 0 Å². The average molecular weight is 276 g/mol. The Hall–Kier alpha value is -0.0800. The van der Waals surface area contributed by atoms with E-state index in [0.717, 1.165) is 23.8 Å². The van der Waals surface area contributed by atoms with Gasteiger partial charge in [0.15, 0.2) is 0 Å². The molecule has 3 saturated carbocycles. The van der Waals surface area contributed by atoms with Crippen molar-refractivity contribution in [2.24, 2.45) is 17.8 Å². The Labute approximate surface area is 124 Å². The number of nitrogens with one attached hydrogen (secondary N) is 1. The maximum atomic E-state index is 3.90. The number of hydrogen-bond acceptors (Lipinski definition) is 2. The lowest BCUT2D eigenvalue weighted by Gasteiger charge is -2.49. The van der Waals surface area contributed by atoms with Gasteiger partial charge in [-0.05, 0) is 56.8 Å². The maximum absolute atomic E-state index is 3.90. The summed E-state index contributed by atoms with van der Waals surface area (Å²) in [6.07, 6.45) is 13.4. The second kappa shape index (κ2) is 5.28. The lowest BCUT2D eigenvalue weighted by molar-refractivity contribution is 0.0402. The third-order valence-corrected chi connectivity index (χ3v) is 7.20. The third-order valence-electron chi connectivity index (χ3n) is 7.20. The van der Waals surface area contributed by atoms with Gasteiger partial charge in [0.05, 0.1) is 0 Å². The van der Waals surface area contributed by atoms with E-state index >= 15 is 0 Å². The molecule has 4 fully saturated rings. The molecule has 4 unspecified atom stereocenters. The SMILES string of the molecule is CC(C1CC2CCC1C2)N1CCNC2(CCCCC2)C1. The van der Waals surface area contributed by atoms with Crippen LogP contribution in [-0.4, -0.2) is 36.1 Å². The predicted molar refractivity (Wildman–Crippen MR) is 83.8 cm³/mol. The van der Waals surface area contributed by atoms with Gasteiger partial charge in [0.1, 0.15) is 0 Å². The fourth-order valence-electron chi connectivity index (χ4n) is 6.05. The van der Waals surface area contributed by atoms with Gasteiger partial charge in [-0.25, -0.2) is 0 Å². The fraction of sp³-hybridized carbons (Fsp3) is 1.00. The zero-order valence-corrected chi connectivity index (χ0v) is 13.2. The Balaban J connectivity index is 1.42. The van der Waals surface area contributed by atoms with Crippen molar-refractivity contribution in [1.29, 1.82) is 0 Å². The minimum absolute atomic E-state index is 0.488. The van der Waals surface area contributed by atoms with Crippen LogP contribution in [0.4, 0.5) is 0 Å². The molecule has 4 aliphatic rings. The van der Waals surface area contributed by atoms with Crippen molar-refractivity contribution in [2.75, 3.05) is 19.6 Å². The molecule has 0 aromatic carbocycles. The van der Waals surface area contributed by atoms with E-state index in [1.807, 2.05) is 0 Å². The van der Waals surface area contributed by atoms with Gasteiger partial charge in [0.2, 0.25) is 0 Å². The largest absolute Gasteiger partial charge is 0.309 e. The van der Waals surface area contributed by atoms with Crippen LogP contribution in [0.5, 0.6) is 0 Å². The number of piperazine rings is 1. The molecule has 0 radical (unpaired) electrons. The first kappa shape index (κ1) is 13.6. The van der Waals surface area contributed by atoms with Crippen LogP contribution < -0.4 is 5.32 Å². The number of hydrogen-bond donors (Lipinski definition) is 1. The lowest BCUT2D eigenvalue weighted by Crippen LogP contribution is -2.63. The summed E-state index contributed by atoms with van der Waals surface area (Å²) in [4.78, 5) is 2.87. The summed E-state index contributed by atoms with van der Waals surface area (Å²) in [7, 11) is 0. The van der Waals surface area contributed by atoms with Gasteiger partial charge in [-0.3, -0.25) is 4.90 Å². The third kappa shape index (κ3) is 2.33. The van der Waals surface area contributed by atoms with E-state index in [1.165, 1.54) is 58.2 Å². The molecule has 4 rings (SSSR count). The van der Waals surface area contributed by atoms with Crippen LogP contribution in [-0.2, 0) is 0 Å². The molecule has 1 saturated heterocycles. The number of rotatable bonds is 2. The molecule has 2 bridgehead atoms. The molecular formula is C18H32N2. The van der Waals surface area contributed by atoms with E-state index in [0.29, 0.717) is 5.54 Å². The minimum Gasteiger partial charge on any atom is -0.309 e. The van der Waals surface area contributed by atoms with Crippen LogP contribution in [0.3, 0.4) is 0 Å². The second-order valence-corrected chi connectivity index (χ2v) is 8.32. The van der Waals surface area contributed by atoms with Gasteiger partial charge in [-0.2, -0.15) is 0 Å². The zero-order chi connectivity index (χ0) is 13.6. The van der Waals surface area contributed by atoms with Gasteiger partial charge >= 0.3 is 0 Å². The van der Waals surface area contributed by atoms with Crippen LogP contribution in [0.15, 0.2) is 0 Å². The molecule has 1 N–H and O–H groups in total. The smallest absolute Gasteiger partial charge is 0.0309 e. The Morgan fingerprint density at radius 1 is 1.10 bits per heavy atom. The molecule has 2 heteroatoms. The summed E-state index contributed by atoms with van der Waals surface area (Å²) in [6.45, 7) is 6.40. The minimum atomic E-state index is 0.488. The first-order valence-electron chi connectivity index (χ1n) is 9.25. The zero-order valence-electron chi connectivity index (χ0n) is 13.2. The predicted octanol–water partition coefficient (Wildman–Crippen LogP) is 3.42. The van der Waals surface area contributed by atoms with Crippen LogP contribution in [0.2, 0.25) is 0 Å². The van der Waals surface area contributed by atoms with E-state index in [4.69, 9.17) is 0 Å². The van der Waals surface area contributed by atoms with Gasteiger partial charge in [-0.1, -0.05) is 25.7 Å². The van der Waals surface area contributed by atoms with Crippen LogP contribution in [0, 0.1) is 17.8 Å². The monoisotopic (exact) mass is 276 g/mol. The number of fused-ring (bicyclic) bond motifs is 2. The topological polar surface area (TPSA) is 15.3 Å². The summed E-state index contributed by atoms with van der Waals surface area (Å²) in [5, 5.41) is 3.90. The lowest BCUT2D eigenvalue weighted by atomic mass is 9.78. The Morgan fingerprint density at radius 2 is 1.95 bits per heavy atom. The molecule has 1 aliphatic heterocycles. The summed E-state index contributed by atoms with van der Waals surface area (Å²) in [5.41, 5.74) is 0.488. The van der Waals surface area contributed by atoms with Gasteiger partial charge in [0, 0.05) is 31.2 Å². The number of nitrogens with zero attached hydrogens (tertiary/aromatic N) is 1. The van der Waals surface area contributed by atoms with E-state index in [2.05, 4.69) is 17.1 Å². The van der Waals surface area contributed by atoms with Gasteiger partial charge in [0.25, 0.3) is 0 Å². The summed E-state index contributed by atoms with van der Waals surface area (Å²) in [5.74, 6) is 3.19. The molecule has 2 nitrogen and oxygen atoms in total. The van der Waals surface area contributed by atoms with Crippen molar-refractivity contribution in [3.63, 3.8) is 0 Å². The first-order chi connectivity index (χ1) is 9.76. The molecule has 0 aromatic heterocycles. The van der Waals surface area contributed by atoms with E-state index in [-0.39, 0.29) is 0 Å². The van der Waals surface area contributed by atoms with Crippen molar-refractivity contribution in [3.8, 4) is 0 Å². The Bertz CT molecular complexity index is 342. The Kier molecular flexibility index (Phi) is 3.58. The highest BCUT2D eigenvalue weighted by Crippen LogP contribution is 2.50. The molecule has 1 spiro atoms. The highest BCUT2D eigenvalue weighted by Gasteiger charge is 2.45. The average Bonchev–Trinajstić information content (AvgIpc) is 3.10. The van der Waals surface area contributed by atoms with Crippen molar-refractivity contribution in [1.82, 2.24) is 10.2 Å². The van der Waals surface area contributed by atoms with Gasteiger partial charge < -0.3 is 5.32 Å². The van der Waals surface area contributed by atoms with Crippen molar-refractivity contribution in [3.05, 3.63) is 0 Å². The first-order valence-corrected chi connectivity index (χ1v) is 9.25. The molecule has 0 amide bonds. The molecule has 4 atom stereocenters. The van der Waals surface area contributed by atoms with E-state index < -0.39 is 0 Å². The van der Waals surface area contributed by atoms with E-state index in [9.17, 15) is 0 Å². The standard InChI is InChI=1S/C18H32N2/c1-14(17-12-15-5-6-16(17)11-15)20-10-9-19-18(13-20)7-3-2-4-8-18/h14-17,19H,2-13H2,1H3. The maximum Gasteiger partial charge on any atom is 0.0309 e. The molecule has 3 aliphatic carbocycles. The molecule has 0 aromatic rings. The quantitative estimate of drug-likeness (QED) is 0.831. The summed E-state index contributed by atoms with van der Waals surface area (Å²) in [6, 6.07) is 0.839. The van der Waals surface area contributed by atoms with E-state index in [1.54, 1.807) is 19.3 Å². The summed E-state index contributed by atoms with van der Waals surface area (Å²) >= 11 is 0. The molecule has 1 heterocycles. The van der Waals surface area contributed by atoms with Crippen LogP contribution in [0.1, 0.15) is 64.7 Å². The molecule has 20 heavy (non-hydrogen) atoms. The normalized spacial score (nSPS) is 42.1. The van der Waals surface area contributed by atoms with Crippen LogP contribution in [0.25, 0.3) is 0 Å². The van der Waals surface area contributed by atoms with Crippen molar-refractivity contribution < 1.29 is 0 Å². The van der Waals surface area contributed by atoms with Crippen molar-refractivity contribution in [2.45, 2.75) is 76.3 Å². The second-order valence-electron chi connectivity index (χ2n) is 8.32.